The zero-order chi connectivity index (χ0) is 8.97. The largest absolute Gasteiger partial charge is 0.303 e. The van der Waals surface area contributed by atoms with Crippen molar-refractivity contribution in [2.45, 2.75) is 25.7 Å². The van der Waals surface area contributed by atoms with E-state index >= 15 is 0 Å². The predicted octanol–water partition coefficient (Wildman–Crippen LogP) is 1.27. The number of carbonyl (C=O) groups excluding carboxylic acids is 1. The molecule has 2 atom stereocenters. The molecule has 12 heavy (non-hydrogen) atoms. The Bertz CT molecular complexity index is 181. The van der Waals surface area contributed by atoms with Crippen molar-refractivity contribution in [3.05, 3.63) is 10.1 Å². The first-order valence-electron chi connectivity index (χ1n) is 4.31. The Kier molecular flexibility index (Phi) is 3.19. The molecule has 0 radical (unpaired) electrons. The van der Waals surface area contributed by atoms with Crippen molar-refractivity contribution in [2.75, 3.05) is 6.54 Å². The smallest absolute Gasteiger partial charge is 0.207 e. The summed E-state index contributed by atoms with van der Waals surface area (Å²) in [6, 6.07) is 0. The lowest BCUT2D eigenvalue weighted by Crippen LogP contribution is -2.27. The Morgan fingerprint density at radius 1 is 1.42 bits per heavy atom. The number of nitrogens with zero attached hydrogens (tertiary/aromatic N) is 1. The maximum absolute atomic E-state index is 10.5. The van der Waals surface area contributed by atoms with Crippen LogP contribution >= 0.6 is 0 Å². The van der Waals surface area contributed by atoms with Crippen molar-refractivity contribution in [3.8, 4) is 0 Å². The summed E-state index contributed by atoms with van der Waals surface area (Å²) in [5.41, 5.74) is 0. The molecule has 4 heteroatoms. The second kappa shape index (κ2) is 4.18. The van der Waals surface area contributed by atoms with Crippen LogP contribution in [0.1, 0.15) is 25.7 Å². The maximum Gasteiger partial charge on any atom is 0.207 e. The summed E-state index contributed by atoms with van der Waals surface area (Å²) >= 11 is 0. The van der Waals surface area contributed by atoms with E-state index in [-0.39, 0.29) is 23.3 Å². The molecule has 0 saturated heterocycles. The first kappa shape index (κ1) is 9.16. The summed E-state index contributed by atoms with van der Waals surface area (Å²) in [4.78, 5) is 20.4. The Morgan fingerprint density at radius 3 is 2.67 bits per heavy atom. The van der Waals surface area contributed by atoms with E-state index in [1.165, 1.54) is 0 Å². The second-order valence-corrected chi connectivity index (χ2v) is 3.36. The lowest BCUT2D eigenvalue weighted by molar-refractivity contribution is -0.490. The summed E-state index contributed by atoms with van der Waals surface area (Å²) in [7, 11) is 0. The molecule has 0 aromatic heterocycles. The van der Waals surface area contributed by atoms with Crippen LogP contribution in [0, 0.1) is 22.0 Å². The van der Waals surface area contributed by atoms with Gasteiger partial charge in [0, 0.05) is 16.8 Å². The van der Waals surface area contributed by atoms with Crippen LogP contribution in [-0.2, 0) is 4.79 Å². The standard InChI is InChI=1S/C8H13NO3/c10-6-8-4-2-1-3-7(8)5-9(11)12/h6-8H,1-5H2/t7-,8+/m0/s1. The molecule has 1 saturated carbocycles. The molecule has 68 valence electrons. The minimum absolute atomic E-state index is 0.00810. The molecular weight excluding hydrogens is 158 g/mol. The molecular formula is C8H13NO3. The lowest BCUT2D eigenvalue weighted by atomic mass is 9.80. The quantitative estimate of drug-likeness (QED) is 0.365. The van der Waals surface area contributed by atoms with Gasteiger partial charge in [-0.1, -0.05) is 12.8 Å². The number of hydrogen-bond donors (Lipinski definition) is 0. The van der Waals surface area contributed by atoms with Crippen molar-refractivity contribution in [3.63, 3.8) is 0 Å². The van der Waals surface area contributed by atoms with Gasteiger partial charge in [0.25, 0.3) is 0 Å². The highest BCUT2D eigenvalue weighted by molar-refractivity contribution is 5.54. The van der Waals surface area contributed by atoms with Crippen LogP contribution in [0.2, 0.25) is 0 Å². The topological polar surface area (TPSA) is 60.2 Å². The number of nitro groups is 1. The zero-order valence-electron chi connectivity index (χ0n) is 6.94. The molecule has 0 bridgehead atoms. The molecule has 0 unspecified atom stereocenters. The van der Waals surface area contributed by atoms with Gasteiger partial charge in [0.2, 0.25) is 6.54 Å². The molecule has 0 aliphatic heterocycles. The van der Waals surface area contributed by atoms with Crippen LogP contribution < -0.4 is 0 Å². The molecule has 0 aromatic rings. The van der Waals surface area contributed by atoms with Gasteiger partial charge >= 0.3 is 0 Å². The highest BCUT2D eigenvalue weighted by Gasteiger charge is 2.28. The molecule has 4 nitrogen and oxygen atoms in total. The molecule has 0 aromatic carbocycles. The van der Waals surface area contributed by atoms with E-state index in [1.807, 2.05) is 0 Å². The van der Waals surface area contributed by atoms with Gasteiger partial charge in [0.1, 0.15) is 6.29 Å². The van der Waals surface area contributed by atoms with Crippen LogP contribution in [0.25, 0.3) is 0 Å². The van der Waals surface area contributed by atoms with E-state index in [4.69, 9.17) is 0 Å². The van der Waals surface area contributed by atoms with Crippen molar-refractivity contribution >= 4 is 6.29 Å². The molecule has 1 aliphatic carbocycles. The Morgan fingerprint density at radius 2 is 2.08 bits per heavy atom. The minimum Gasteiger partial charge on any atom is -0.303 e. The van der Waals surface area contributed by atoms with Gasteiger partial charge in [-0.3, -0.25) is 10.1 Å². The molecule has 0 spiro atoms. The van der Waals surface area contributed by atoms with Gasteiger partial charge in [0.15, 0.2) is 0 Å². The lowest BCUT2D eigenvalue weighted by Gasteiger charge is -2.23. The summed E-state index contributed by atoms with van der Waals surface area (Å²) in [6.45, 7) is -0.0383. The third-order valence-corrected chi connectivity index (χ3v) is 2.53. The monoisotopic (exact) mass is 171 g/mol. The molecule has 0 N–H and O–H groups in total. The number of rotatable bonds is 3. The fourth-order valence-electron chi connectivity index (χ4n) is 1.83. The van der Waals surface area contributed by atoms with E-state index < -0.39 is 0 Å². The van der Waals surface area contributed by atoms with Crippen LogP contribution in [0.5, 0.6) is 0 Å². The Labute approximate surface area is 71.1 Å². The van der Waals surface area contributed by atoms with E-state index in [0.29, 0.717) is 0 Å². The van der Waals surface area contributed by atoms with Crippen molar-refractivity contribution in [2.24, 2.45) is 11.8 Å². The first-order chi connectivity index (χ1) is 5.74. The van der Waals surface area contributed by atoms with Gasteiger partial charge in [-0.25, -0.2) is 0 Å². The maximum atomic E-state index is 10.5. The predicted molar refractivity (Wildman–Crippen MR) is 43.4 cm³/mol. The van der Waals surface area contributed by atoms with Crippen LogP contribution in [0.15, 0.2) is 0 Å². The average molecular weight is 171 g/mol. The van der Waals surface area contributed by atoms with Gasteiger partial charge < -0.3 is 4.79 Å². The molecule has 0 heterocycles. The van der Waals surface area contributed by atoms with E-state index in [2.05, 4.69) is 0 Å². The van der Waals surface area contributed by atoms with Gasteiger partial charge in [-0.2, -0.15) is 0 Å². The molecule has 1 rings (SSSR count). The third-order valence-electron chi connectivity index (χ3n) is 2.53. The van der Waals surface area contributed by atoms with Gasteiger partial charge in [0.05, 0.1) is 0 Å². The van der Waals surface area contributed by atoms with Crippen molar-refractivity contribution < 1.29 is 9.72 Å². The Balaban J connectivity index is 2.46. The molecule has 1 aliphatic rings. The van der Waals surface area contributed by atoms with E-state index in [9.17, 15) is 14.9 Å². The summed E-state index contributed by atoms with van der Waals surface area (Å²) in [6.07, 6.45) is 4.63. The number of hydrogen-bond acceptors (Lipinski definition) is 3. The number of aldehydes is 1. The van der Waals surface area contributed by atoms with Crippen LogP contribution in [0.3, 0.4) is 0 Å². The van der Waals surface area contributed by atoms with E-state index in [1.54, 1.807) is 0 Å². The summed E-state index contributed by atoms with van der Waals surface area (Å²) < 4.78 is 0. The number of carbonyl (C=O) groups is 1. The molecule has 0 amide bonds. The summed E-state index contributed by atoms with van der Waals surface area (Å²) in [5.74, 6) is -0.0737. The average Bonchev–Trinajstić information content (AvgIpc) is 2.04. The van der Waals surface area contributed by atoms with Gasteiger partial charge in [-0.15, -0.1) is 0 Å². The highest BCUT2D eigenvalue weighted by atomic mass is 16.6. The van der Waals surface area contributed by atoms with E-state index in [0.717, 1.165) is 32.0 Å². The molecule has 1 fully saturated rings. The fourth-order valence-corrected chi connectivity index (χ4v) is 1.83. The third kappa shape index (κ3) is 2.29. The summed E-state index contributed by atoms with van der Waals surface area (Å²) in [5, 5.41) is 10.2. The first-order valence-corrected chi connectivity index (χ1v) is 4.31. The fraction of sp³-hybridized carbons (Fsp3) is 0.875. The van der Waals surface area contributed by atoms with Crippen molar-refractivity contribution in [1.82, 2.24) is 0 Å². The van der Waals surface area contributed by atoms with Crippen molar-refractivity contribution in [1.29, 1.82) is 0 Å². The van der Waals surface area contributed by atoms with Gasteiger partial charge in [-0.05, 0) is 12.8 Å². The van der Waals surface area contributed by atoms with Crippen LogP contribution in [0.4, 0.5) is 0 Å². The zero-order valence-corrected chi connectivity index (χ0v) is 6.94. The highest BCUT2D eigenvalue weighted by Crippen LogP contribution is 2.28. The normalized spacial score (nSPS) is 29.7. The van der Waals surface area contributed by atoms with Crippen LogP contribution in [-0.4, -0.2) is 17.8 Å². The Hall–Kier alpha value is -0.930. The second-order valence-electron chi connectivity index (χ2n) is 3.36. The minimum atomic E-state index is -0.313. The SMILES string of the molecule is O=C[C@H]1CCCC[C@H]1C[N+](=O)[O-].